The molecule has 0 radical (unpaired) electrons. The van der Waals surface area contributed by atoms with E-state index >= 15 is 0 Å². The molecule has 3 N–H and O–H groups in total. The van der Waals surface area contributed by atoms with Gasteiger partial charge in [-0.2, -0.15) is 0 Å². The van der Waals surface area contributed by atoms with Gasteiger partial charge in [0, 0.05) is 57.5 Å². The topological polar surface area (TPSA) is 132 Å². The highest BCUT2D eigenvalue weighted by Crippen LogP contribution is 2.17. The highest BCUT2D eigenvalue weighted by molar-refractivity contribution is 9.10. The molecule has 0 saturated carbocycles. The number of benzene rings is 2. The number of sulfonamides is 1. The van der Waals surface area contributed by atoms with Crippen LogP contribution in [0, 0.1) is 0 Å². The van der Waals surface area contributed by atoms with Gasteiger partial charge in [-0.25, -0.2) is 21.6 Å². The SMILES string of the molecule is NCc1cccnc1.O=S(=O)(Cl)c1ccc(Br)cc1.O=S(=O)(NCc1cccnc1)c1ccc(Br)cc1. The Labute approximate surface area is 238 Å². The maximum atomic E-state index is 12.0. The quantitative estimate of drug-likeness (QED) is 0.265. The standard InChI is InChI=1S/C12H11BrN2O2S.C6H4BrClO2S.C6H8N2/c13-11-3-5-12(6-4-11)18(16,17)15-9-10-2-1-7-14-8-10;7-5-1-3-6(4-2-5)11(8,9)10;7-4-6-2-1-3-8-5-6/h1-8,15H,9H2;1-4H;1-3,5H,4,7H2. The van der Waals surface area contributed by atoms with Crippen LogP contribution in [0.2, 0.25) is 0 Å². The van der Waals surface area contributed by atoms with Gasteiger partial charge in [-0.15, -0.1) is 0 Å². The fourth-order valence-electron chi connectivity index (χ4n) is 2.49. The zero-order chi connectivity index (χ0) is 27.3. The average molecular weight is 691 g/mol. The van der Waals surface area contributed by atoms with Crippen molar-refractivity contribution in [3.8, 4) is 0 Å². The lowest BCUT2D eigenvalue weighted by Gasteiger charge is -2.06. The van der Waals surface area contributed by atoms with Gasteiger partial charge < -0.3 is 5.73 Å². The molecule has 0 spiro atoms. The Morgan fingerprint density at radius 1 is 0.730 bits per heavy atom. The van der Waals surface area contributed by atoms with Gasteiger partial charge in [0.05, 0.1) is 9.79 Å². The Hall–Kier alpha value is -2.19. The van der Waals surface area contributed by atoms with Gasteiger partial charge in [0.1, 0.15) is 0 Å². The van der Waals surface area contributed by atoms with Crippen molar-refractivity contribution in [3.63, 3.8) is 0 Å². The predicted molar refractivity (Wildman–Crippen MR) is 152 cm³/mol. The fourth-order valence-corrected chi connectivity index (χ4v) is 4.81. The molecule has 0 aliphatic rings. The molecule has 0 saturated heterocycles. The highest BCUT2D eigenvalue weighted by atomic mass is 79.9. The van der Waals surface area contributed by atoms with Gasteiger partial charge in [-0.3, -0.25) is 9.97 Å². The van der Waals surface area contributed by atoms with E-state index in [0.717, 1.165) is 20.1 Å². The molecule has 0 unspecified atom stereocenters. The van der Waals surface area contributed by atoms with E-state index in [1.807, 2.05) is 18.2 Å². The summed E-state index contributed by atoms with van der Waals surface area (Å²) in [7, 11) is -1.97. The first-order valence-corrected chi connectivity index (χ1v) is 15.8. The summed E-state index contributed by atoms with van der Waals surface area (Å²) in [5.41, 5.74) is 7.20. The number of hydrogen-bond donors (Lipinski definition) is 2. The lowest BCUT2D eigenvalue weighted by Crippen LogP contribution is -2.23. The van der Waals surface area contributed by atoms with Gasteiger partial charge >= 0.3 is 0 Å². The number of nitrogens with one attached hydrogen (secondary N) is 1. The zero-order valence-electron chi connectivity index (χ0n) is 19.2. The monoisotopic (exact) mass is 688 g/mol. The minimum atomic E-state index is -3.57. The molecule has 0 aliphatic heterocycles. The van der Waals surface area contributed by atoms with Crippen molar-refractivity contribution in [2.75, 3.05) is 0 Å². The van der Waals surface area contributed by atoms with Crippen molar-refractivity contribution in [2.24, 2.45) is 5.73 Å². The Bertz CT molecular complexity index is 1440. The molecule has 4 rings (SSSR count). The van der Waals surface area contributed by atoms with Crippen LogP contribution < -0.4 is 10.5 Å². The molecule has 4 aromatic rings. The van der Waals surface area contributed by atoms with Gasteiger partial charge in [0.25, 0.3) is 9.05 Å². The van der Waals surface area contributed by atoms with Crippen LogP contribution in [-0.4, -0.2) is 26.8 Å². The van der Waals surface area contributed by atoms with Crippen molar-refractivity contribution < 1.29 is 16.8 Å². The largest absolute Gasteiger partial charge is 0.326 e. The Morgan fingerprint density at radius 3 is 1.57 bits per heavy atom. The molecular weight excluding hydrogens is 668 g/mol. The van der Waals surface area contributed by atoms with Crippen molar-refractivity contribution in [2.45, 2.75) is 22.9 Å². The first-order valence-electron chi connectivity index (χ1n) is 10.4. The van der Waals surface area contributed by atoms with Crippen LogP contribution in [0.4, 0.5) is 0 Å². The molecule has 0 amide bonds. The van der Waals surface area contributed by atoms with Crippen molar-refractivity contribution in [3.05, 3.63) is 118 Å². The number of aromatic nitrogens is 2. The van der Waals surface area contributed by atoms with Crippen LogP contribution in [0.1, 0.15) is 11.1 Å². The lowest BCUT2D eigenvalue weighted by atomic mass is 10.3. The second-order valence-corrected chi connectivity index (χ2v) is 13.3. The van der Waals surface area contributed by atoms with E-state index in [-0.39, 0.29) is 16.3 Å². The van der Waals surface area contributed by atoms with E-state index in [1.54, 1.807) is 67.3 Å². The van der Waals surface area contributed by atoms with Crippen LogP contribution >= 0.6 is 42.5 Å². The smallest absolute Gasteiger partial charge is 0.261 e. The van der Waals surface area contributed by atoms with Crippen LogP contribution in [0.15, 0.2) is 116 Å². The second-order valence-electron chi connectivity index (χ2n) is 7.10. The summed E-state index contributed by atoms with van der Waals surface area (Å²) >= 11 is 6.44. The summed E-state index contributed by atoms with van der Waals surface area (Å²) in [6.07, 6.45) is 6.77. The number of rotatable bonds is 6. The maximum Gasteiger partial charge on any atom is 0.261 e. The summed E-state index contributed by atoms with van der Waals surface area (Å²) in [6.45, 7) is 0.806. The van der Waals surface area contributed by atoms with Crippen molar-refractivity contribution in [1.29, 1.82) is 0 Å². The van der Waals surface area contributed by atoms with Crippen LogP contribution in [0.3, 0.4) is 0 Å². The van der Waals surface area contributed by atoms with E-state index < -0.39 is 19.1 Å². The third kappa shape index (κ3) is 11.8. The molecule has 196 valence electrons. The molecule has 0 atom stereocenters. The van der Waals surface area contributed by atoms with Crippen molar-refractivity contribution >= 4 is 61.6 Å². The summed E-state index contributed by atoms with van der Waals surface area (Å²) in [5.74, 6) is 0. The van der Waals surface area contributed by atoms with Gasteiger partial charge in [0.2, 0.25) is 10.0 Å². The van der Waals surface area contributed by atoms with E-state index in [4.69, 9.17) is 16.4 Å². The van der Waals surface area contributed by atoms with Crippen LogP contribution in [-0.2, 0) is 32.2 Å². The Kier molecular flexibility index (Phi) is 12.8. The van der Waals surface area contributed by atoms with E-state index in [9.17, 15) is 16.8 Å². The molecule has 2 aromatic carbocycles. The van der Waals surface area contributed by atoms with Gasteiger partial charge in [-0.05, 0) is 71.8 Å². The molecule has 13 heteroatoms. The van der Waals surface area contributed by atoms with E-state index in [0.29, 0.717) is 6.54 Å². The van der Waals surface area contributed by atoms with Crippen LogP contribution in [0.25, 0.3) is 0 Å². The van der Waals surface area contributed by atoms with Crippen LogP contribution in [0.5, 0.6) is 0 Å². The number of nitrogens with zero attached hydrogens (tertiary/aromatic N) is 2. The third-order valence-corrected chi connectivity index (χ3v) is 8.21. The van der Waals surface area contributed by atoms with Gasteiger partial charge in [0.15, 0.2) is 0 Å². The minimum Gasteiger partial charge on any atom is -0.326 e. The number of pyridine rings is 2. The second kappa shape index (κ2) is 15.3. The molecule has 2 heterocycles. The average Bonchev–Trinajstić information content (AvgIpc) is 2.89. The summed E-state index contributed by atoms with van der Waals surface area (Å²) < 4.78 is 49.5. The predicted octanol–water partition coefficient (Wildman–Crippen LogP) is 5.24. The molecule has 2 aromatic heterocycles. The summed E-state index contributed by atoms with van der Waals surface area (Å²) in [4.78, 5) is 8.16. The lowest BCUT2D eigenvalue weighted by molar-refractivity contribution is 0.581. The fraction of sp³-hybridized carbons (Fsp3) is 0.0833. The Morgan fingerprint density at radius 2 is 1.19 bits per heavy atom. The summed E-state index contributed by atoms with van der Waals surface area (Å²) in [6, 6.07) is 20.0. The molecule has 0 bridgehead atoms. The Balaban J connectivity index is 0.000000215. The minimum absolute atomic E-state index is 0.113. The first-order chi connectivity index (χ1) is 17.5. The van der Waals surface area contributed by atoms with E-state index in [2.05, 4.69) is 46.5 Å². The molecule has 0 aliphatic carbocycles. The highest BCUT2D eigenvalue weighted by Gasteiger charge is 2.13. The zero-order valence-corrected chi connectivity index (χ0v) is 24.8. The molecule has 0 fully saturated rings. The maximum absolute atomic E-state index is 12.0. The summed E-state index contributed by atoms with van der Waals surface area (Å²) in [5, 5.41) is 0. The third-order valence-electron chi connectivity index (χ3n) is 4.37. The number of halogens is 3. The number of hydrogen-bond acceptors (Lipinski definition) is 7. The molecule has 37 heavy (non-hydrogen) atoms. The van der Waals surface area contributed by atoms with E-state index in [1.165, 1.54) is 12.1 Å². The normalized spacial score (nSPS) is 10.9. The number of nitrogens with two attached hydrogens (primary N) is 1. The van der Waals surface area contributed by atoms with Crippen molar-refractivity contribution in [1.82, 2.24) is 14.7 Å². The molecular formula is C24H23Br2ClN4O4S2. The molecule has 8 nitrogen and oxygen atoms in total. The first kappa shape index (κ1) is 31.0. The van der Waals surface area contributed by atoms with Gasteiger partial charge in [-0.1, -0.05) is 44.0 Å².